The maximum atomic E-state index is 13.7. The lowest BCUT2D eigenvalue weighted by atomic mass is 10.1. The number of hydrogen-bond donors (Lipinski definition) is 1. The van der Waals surface area contributed by atoms with Crippen molar-refractivity contribution < 1.29 is 13.9 Å². The summed E-state index contributed by atoms with van der Waals surface area (Å²) in [5, 5.41) is 2.74. The van der Waals surface area contributed by atoms with Crippen molar-refractivity contribution in [2.45, 2.75) is 33.8 Å². The van der Waals surface area contributed by atoms with E-state index >= 15 is 0 Å². The molecule has 0 unspecified atom stereocenters. The number of hydrogen-bond acceptors (Lipinski definition) is 2. The molecule has 0 heterocycles. The van der Waals surface area contributed by atoms with Gasteiger partial charge in [-0.05, 0) is 38.0 Å². The fourth-order valence-corrected chi connectivity index (χ4v) is 1.39. The summed E-state index contributed by atoms with van der Waals surface area (Å²) < 4.78 is 18.9. The summed E-state index contributed by atoms with van der Waals surface area (Å²) in [6, 6.07) is 4.25. The Balaban J connectivity index is 2.74. The molecule has 3 nitrogen and oxygen atoms in total. The van der Waals surface area contributed by atoms with Gasteiger partial charge in [0.25, 0.3) is 5.91 Å². The van der Waals surface area contributed by atoms with Crippen LogP contribution in [0.15, 0.2) is 18.2 Å². The molecule has 0 aliphatic heterocycles. The van der Waals surface area contributed by atoms with E-state index in [1.807, 2.05) is 27.7 Å². The van der Waals surface area contributed by atoms with Gasteiger partial charge in [-0.15, -0.1) is 0 Å². The summed E-state index contributed by atoms with van der Waals surface area (Å²) >= 11 is 0. The van der Waals surface area contributed by atoms with Crippen LogP contribution in [0.2, 0.25) is 0 Å². The molecule has 1 rings (SSSR count). The highest BCUT2D eigenvalue weighted by Crippen LogP contribution is 2.19. The number of carbonyl (C=O) groups excluding carboxylic acids is 1. The molecule has 1 N–H and O–H groups in total. The molecule has 0 fully saturated rings. The van der Waals surface area contributed by atoms with Gasteiger partial charge in [-0.2, -0.15) is 0 Å². The first kappa shape index (κ1) is 14.5. The van der Waals surface area contributed by atoms with Crippen molar-refractivity contribution in [3.63, 3.8) is 0 Å². The van der Waals surface area contributed by atoms with Crippen LogP contribution in [0.25, 0.3) is 0 Å². The standard InChI is InChI=1S/C14H20FNO2/c1-9(2)8-16-14(17)11-5-6-13(12(15)7-11)18-10(3)4/h5-7,9-10H,8H2,1-4H3,(H,16,17). The first-order valence-electron chi connectivity index (χ1n) is 6.14. The highest BCUT2D eigenvalue weighted by molar-refractivity contribution is 5.94. The van der Waals surface area contributed by atoms with E-state index < -0.39 is 5.82 Å². The van der Waals surface area contributed by atoms with E-state index in [9.17, 15) is 9.18 Å². The fourth-order valence-electron chi connectivity index (χ4n) is 1.39. The van der Waals surface area contributed by atoms with Crippen LogP contribution in [0, 0.1) is 11.7 Å². The molecule has 0 aromatic heterocycles. The molecule has 0 bridgehead atoms. The average molecular weight is 253 g/mol. The van der Waals surface area contributed by atoms with Crippen molar-refractivity contribution in [3.05, 3.63) is 29.6 Å². The molecule has 4 heteroatoms. The zero-order valence-electron chi connectivity index (χ0n) is 11.3. The molecule has 0 saturated carbocycles. The van der Waals surface area contributed by atoms with Crippen molar-refractivity contribution in [1.82, 2.24) is 5.32 Å². The normalized spacial score (nSPS) is 10.8. The molecular weight excluding hydrogens is 233 g/mol. The van der Waals surface area contributed by atoms with Crippen molar-refractivity contribution in [2.24, 2.45) is 5.92 Å². The van der Waals surface area contributed by atoms with Crippen LogP contribution in [0.5, 0.6) is 5.75 Å². The lowest BCUT2D eigenvalue weighted by molar-refractivity contribution is 0.0948. The minimum Gasteiger partial charge on any atom is -0.488 e. The minimum atomic E-state index is -0.513. The Morgan fingerprint density at radius 2 is 2.00 bits per heavy atom. The number of rotatable bonds is 5. The molecule has 18 heavy (non-hydrogen) atoms. The third kappa shape index (κ3) is 4.35. The van der Waals surface area contributed by atoms with E-state index in [1.165, 1.54) is 12.1 Å². The highest BCUT2D eigenvalue weighted by atomic mass is 19.1. The monoisotopic (exact) mass is 253 g/mol. The maximum Gasteiger partial charge on any atom is 0.251 e. The summed E-state index contributed by atoms with van der Waals surface area (Å²) in [6.07, 6.45) is -0.0971. The van der Waals surface area contributed by atoms with Gasteiger partial charge in [-0.3, -0.25) is 4.79 Å². The SMILES string of the molecule is CC(C)CNC(=O)c1ccc(OC(C)C)c(F)c1. The van der Waals surface area contributed by atoms with Crippen molar-refractivity contribution >= 4 is 5.91 Å². The quantitative estimate of drug-likeness (QED) is 0.876. The van der Waals surface area contributed by atoms with Gasteiger partial charge in [-0.1, -0.05) is 13.8 Å². The number of carbonyl (C=O) groups is 1. The molecule has 0 radical (unpaired) electrons. The van der Waals surface area contributed by atoms with Crippen LogP contribution >= 0.6 is 0 Å². The third-order valence-electron chi connectivity index (χ3n) is 2.23. The van der Waals surface area contributed by atoms with Crippen molar-refractivity contribution in [3.8, 4) is 5.75 Å². The zero-order chi connectivity index (χ0) is 13.7. The Labute approximate surface area is 107 Å². The highest BCUT2D eigenvalue weighted by Gasteiger charge is 2.11. The number of nitrogens with one attached hydrogen (secondary N) is 1. The van der Waals surface area contributed by atoms with Crippen LogP contribution in [0.3, 0.4) is 0 Å². The summed E-state index contributed by atoms with van der Waals surface area (Å²) in [4.78, 5) is 11.7. The van der Waals surface area contributed by atoms with Gasteiger partial charge >= 0.3 is 0 Å². The largest absolute Gasteiger partial charge is 0.488 e. The van der Waals surface area contributed by atoms with Crippen LogP contribution < -0.4 is 10.1 Å². The molecule has 0 saturated heterocycles. The van der Waals surface area contributed by atoms with Gasteiger partial charge in [0.15, 0.2) is 11.6 Å². The van der Waals surface area contributed by atoms with E-state index in [0.717, 1.165) is 0 Å². The van der Waals surface area contributed by atoms with Crippen LogP contribution in [0.1, 0.15) is 38.1 Å². The minimum absolute atomic E-state index is 0.0971. The van der Waals surface area contributed by atoms with Gasteiger partial charge in [0.1, 0.15) is 0 Å². The van der Waals surface area contributed by atoms with Gasteiger partial charge in [-0.25, -0.2) is 4.39 Å². The Kier molecular flexibility index (Phi) is 5.13. The number of amides is 1. The molecule has 0 aliphatic carbocycles. The number of halogens is 1. The Hall–Kier alpha value is -1.58. The zero-order valence-corrected chi connectivity index (χ0v) is 11.3. The Morgan fingerprint density at radius 1 is 1.33 bits per heavy atom. The predicted octanol–water partition coefficient (Wildman–Crippen LogP) is 3.00. The maximum absolute atomic E-state index is 13.7. The van der Waals surface area contributed by atoms with Gasteiger partial charge < -0.3 is 10.1 Å². The summed E-state index contributed by atoms with van der Waals surface area (Å²) in [7, 11) is 0. The number of benzene rings is 1. The molecule has 100 valence electrons. The molecule has 0 spiro atoms. The second kappa shape index (κ2) is 6.38. The summed E-state index contributed by atoms with van der Waals surface area (Å²) in [5.41, 5.74) is 0.309. The lowest BCUT2D eigenvalue weighted by Crippen LogP contribution is -2.27. The summed E-state index contributed by atoms with van der Waals surface area (Å²) in [5.74, 6) is -0.243. The van der Waals surface area contributed by atoms with Crippen molar-refractivity contribution in [1.29, 1.82) is 0 Å². The van der Waals surface area contributed by atoms with E-state index in [4.69, 9.17) is 4.74 Å². The van der Waals surface area contributed by atoms with Gasteiger partial charge in [0.2, 0.25) is 0 Å². The van der Waals surface area contributed by atoms with Crippen LogP contribution in [-0.2, 0) is 0 Å². The summed E-state index contributed by atoms with van der Waals surface area (Å²) in [6.45, 7) is 8.22. The Morgan fingerprint density at radius 3 is 2.50 bits per heavy atom. The first-order chi connectivity index (χ1) is 8.40. The average Bonchev–Trinajstić information content (AvgIpc) is 2.28. The van der Waals surface area contributed by atoms with E-state index in [1.54, 1.807) is 6.07 Å². The second-order valence-corrected chi connectivity index (χ2v) is 4.92. The fraction of sp³-hybridized carbons (Fsp3) is 0.500. The topological polar surface area (TPSA) is 38.3 Å². The van der Waals surface area contributed by atoms with Crippen LogP contribution in [0.4, 0.5) is 4.39 Å². The predicted molar refractivity (Wildman–Crippen MR) is 69.3 cm³/mol. The first-order valence-corrected chi connectivity index (χ1v) is 6.14. The molecule has 0 aliphatic rings. The lowest BCUT2D eigenvalue weighted by Gasteiger charge is -2.12. The van der Waals surface area contributed by atoms with Crippen LogP contribution in [-0.4, -0.2) is 18.6 Å². The van der Waals surface area contributed by atoms with Gasteiger partial charge in [0, 0.05) is 12.1 Å². The molecule has 1 aromatic carbocycles. The second-order valence-electron chi connectivity index (χ2n) is 4.92. The van der Waals surface area contributed by atoms with E-state index in [0.29, 0.717) is 18.0 Å². The van der Waals surface area contributed by atoms with E-state index in [-0.39, 0.29) is 17.8 Å². The van der Waals surface area contributed by atoms with Crippen molar-refractivity contribution in [2.75, 3.05) is 6.54 Å². The van der Waals surface area contributed by atoms with Gasteiger partial charge in [0.05, 0.1) is 6.10 Å². The number of ether oxygens (including phenoxy) is 1. The smallest absolute Gasteiger partial charge is 0.251 e. The molecule has 1 aromatic rings. The third-order valence-corrected chi connectivity index (χ3v) is 2.23. The molecule has 1 amide bonds. The van der Waals surface area contributed by atoms with E-state index in [2.05, 4.69) is 5.32 Å². The Bertz CT molecular complexity index is 416. The molecule has 0 atom stereocenters. The molecular formula is C14H20FNO2.